The lowest BCUT2D eigenvalue weighted by atomic mass is 10.2. The molecule has 2 aromatic rings. The minimum atomic E-state index is -3.77. The molecular formula is C12H12ClN3O4S3. The number of anilines is 3. The minimum Gasteiger partial charge on any atom is -0.279 e. The molecule has 7 nitrogen and oxygen atoms in total. The van der Waals surface area contributed by atoms with Crippen LogP contribution in [0.15, 0.2) is 34.5 Å². The monoisotopic (exact) mass is 393 g/mol. The van der Waals surface area contributed by atoms with E-state index in [1.54, 1.807) is 6.07 Å². The van der Waals surface area contributed by atoms with Gasteiger partial charge in [0.2, 0.25) is 0 Å². The van der Waals surface area contributed by atoms with Crippen molar-refractivity contribution in [3.05, 3.63) is 34.7 Å². The smallest absolute Gasteiger partial charge is 0.279 e. The average molecular weight is 394 g/mol. The van der Waals surface area contributed by atoms with Crippen molar-refractivity contribution < 1.29 is 16.8 Å². The summed E-state index contributed by atoms with van der Waals surface area (Å²) in [5, 5.41) is 0. The largest absolute Gasteiger partial charge is 0.326 e. The Morgan fingerprint density at radius 3 is 2.35 bits per heavy atom. The molecule has 0 bridgehead atoms. The lowest BCUT2D eigenvalue weighted by molar-refractivity contribution is 0.595. The Morgan fingerprint density at radius 2 is 1.74 bits per heavy atom. The van der Waals surface area contributed by atoms with Crippen LogP contribution in [0, 0.1) is 0 Å². The third kappa shape index (κ3) is 2.65. The summed E-state index contributed by atoms with van der Waals surface area (Å²) >= 11 is 6.70. The van der Waals surface area contributed by atoms with Gasteiger partial charge >= 0.3 is 10.2 Å². The van der Waals surface area contributed by atoms with E-state index < -0.39 is 20.2 Å². The molecule has 1 aromatic heterocycles. The SMILES string of the molecule is CN1c2ccc(NS(=O)(=O)c3ccc(Cl)s3)cc2N(C)S1(=O)=O. The lowest BCUT2D eigenvalue weighted by Gasteiger charge is -2.13. The highest BCUT2D eigenvalue weighted by Gasteiger charge is 2.35. The maximum Gasteiger partial charge on any atom is 0.326 e. The molecule has 23 heavy (non-hydrogen) atoms. The molecule has 124 valence electrons. The zero-order valence-corrected chi connectivity index (χ0v) is 15.2. The molecule has 0 saturated heterocycles. The first-order valence-electron chi connectivity index (χ1n) is 6.28. The number of hydrogen-bond donors (Lipinski definition) is 1. The summed E-state index contributed by atoms with van der Waals surface area (Å²) < 4.78 is 53.8. The number of rotatable bonds is 3. The van der Waals surface area contributed by atoms with Gasteiger partial charge in [-0.25, -0.2) is 8.42 Å². The van der Waals surface area contributed by atoms with Crippen molar-refractivity contribution in [3.63, 3.8) is 0 Å². The van der Waals surface area contributed by atoms with Crippen LogP contribution in [-0.2, 0) is 20.2 Å². The number of benzene rings is 1. The summed E-state index contributed by atoms with van der Waals surface area (Å²) in [5.74, 6) is 0. The van der Waals surface area contributed by atoms with Gasteiger partial charge in [-0.3, -0.25) is 13.3 Å². The molecule has 1 aliphatic heterocycles. The van der Waals surface area contributed by atoms with Crippen LogP contribution in [0.25, 0.3) is 0 Å². The highest BCUT2D eigenvalue weighted by molar-refractivity contribution is 7.95. The van der Waals surface area contributed by atoms with E-state index in [9.17, 15) is 16.8 Å². The fraction of sp³-hybridized carbons (Fsp3) is 0.167. The predicted octanol–water partition coefficient (Wildman–Crippen LogP) is 2.33. The third-order valence-corrected chi connectivity index (χ3v) is 8.29. The highest BCUT2D eigenvalue weighted by Crippen LogP contribution is 2.40. The molecule has 1 aliphatic rings. The molecular weight excluding hydrogens is 382 g/mol. The summed E-state index contributed by atoms with van der Waals surface area (Å²) in [6.07, 6.45) is 0. The van der Waals surface area contributed by atoms with E-state index in [4.69, 9.17) is 11.6 Å². The Hall–Kier alpha value is -1.49. The highest BCUT2D eigenvalue weighted by atomic mass is 35.5. The molecule has 0 spiro atoms. The van der Waals surface area contributed by atoms with Gasteiger partial charge in [0.1, 0.15) is 4.21 Å². The van der Waals surface area contributed by atoms with E-state index in [0.29, 0.717) is 15.7 Å². The molecule has 2 heterocycles. The summed E-state index contributed by atoms with van der Waals surface area (Å²) in [7, 11) is -4.51. The van der Waals surface area contributed by atoms with Crippen LogP contribution >= 0.6 is 22.9 Å². The van der Waals surface area contributed by atoms with Crippen molar-refractivity contribution in [2.24, 2.45) is 0 Å². The van der Waals surface area contributed by atoms with Crippen LogP contribution in [0.4, 0.5) is 17.1 Å². The zero-order chi connectivity index (χ0) is 17.0. The number of nitrogens with one attached hydrogen (secondary N) is 1. The van der Waals surface area contributed by atoms with Gasteiger partial charge in [0, 0.05) is 14.1 Å². The number of sulfonamides is 1. The first kappa shape index (κ1) is 16.4. The van der Waals surface area contributed by atoms with Crippen LogP contribution in [0.2, 0.25) is 4.34 Å². The summed E-state index contributed by atoms with van der Waals surface area (Å²) in [6.45, 7) is 0. The van der Waals surface area contributed by atoms with Crippen molar-refractivity contribution in [2.75, 3.05) is 27.4 Å². The molecule has 0 radical (unpaired) electrons. The van der Waals surface area contributed by atoms with Crippen molar-refractivity contribution in [2.45, 2.75) is 4.21 Å². The molecule has 1 aromatic carbocycles. The van der Waals surface area contributed by atoms with Crippen molar-refractivity contribution >= 4 is 60.2 Å². The van der Waals surface area contributed by atoms with Gasteiger partial charge in [0.15, 0.2) is 0 Å². The van der Waals surface area contributed by atoms with E-state index in [2.05, 4.69) is 4.72 Å². The van der Waals surface area contributed by atoms with Crippen LogP contribution in [0.1, 0.15) is 0 Å². The Morgan fingerprint density at radius 1 is 1.09 bits per heavy atom. The first-order valence-corrected chi connectivity index (χ1v) is 10.4. The second-order valence-corrected chi connectivity index (χ2v) is 10.4. The van der Waals surface area contributed by atoms with E-state index in [0.717, 1.165) is 19.9 Å². The van der Waals surface area contributed by atoms with Gasteiger partial charge in [-0.05, 0) is 30.3 Å². The second-order valence-electron chi connectivity index (χ2n) is 4.81. The van der Waals surface area contributed by atoms with Crippen molar-refractivity contribution in [1.29, 1.82) is 0 Å². The topological polar surface area (TPSA) is 86.8 Å². The van der Waals surface area contributed by atoms with Gasteiger partial charge < -0.3 is 0 Å². The predicted molar refractivity (Wildman–Crippen MR) is 92.3 cm³/mol. The van der Waals surface area contributed by atoms with Gasteiger partial charge in [0.05, 0.1) is 21.4 Å². The first-order chi connectivity index (χ1) is 10.6. The second kappa shape index (κ2) is 5.26. The van der Waals surface area contributed by atoms with Crippen LogP contribution in [0.3, 0.4) is 0 Å². The number of halogens is 1. The van der Waals surface area contributed by atoms with Crippen LogP contribution in [-0.4, -0.2) is 30.9 Å². The minimum absolute atomic E-state index is 0.0843. The summed E-state index contributed by atoms with van der Waals surface area (Å²) in [5.41, 5.74) is 1.15. The molecule has 1 N–H and O–H groups in total. The fourth-order valence-electron chi connectivity index (χ4n) is 2.19. The van der Waals surface area contributed by atoms with E-state index in [1.165, 1.54) is 38.4 Å². The molecule has 3 rings (SSSR count). The standard InChI is InChI=1S/C12H12ClN3O4S3/c1-15-9-4-3-8(7-10(9)16(2)23(15,19)20)14-22(17,18)12-6-5-11(13)21-12/h3-7,14H,1-2H3. The lowest BCUT2D eigenvalue weighted by Crippen LogP contribution is -2.32. The van der Waals surface area contributed by atoms with Crippen LogP contribution in [0.5, 0.6) is 0 Å². The van der Waals surface area contributed by atoms with Crippen molar-refractivity contribution in [1.82, 2.24) is 0 Å². The number of fused-ring (bicyclic) bond motifs is 1. The Balaban J connectivity index is 1.97. The van der Waals surface area contributed by atoms with Gasteiger partial charge in [-0.15, -0.1) is 11.3 Å². The Labute approximate surface area is 143 Å². The maximum atomic E-state index is 12.3. The zero-order valence-electron chi connectivity index (χ0n) is 12.0. The molecule has 11 heteroatoms. The third-order valence-electron chi connectivity index (χ3n) is 3.41. The Kier molecular flexibility index (Phi) is 3.75. The van der Waals surface area contributed by atoms with Gasteiger partial charge in [-0.1, -0.05) is 11.6 Å². The quantitative estimate of drug-likeness (QED) is 0.866. The van der Waals surface area contributed by atoms with E-state index >= 15 is 0 Å². The molecule has 0 fully saturated rings. The number of thiophene rings is 1. The van der Waals surface area contributed by atoms with Gasteiger partial charge in [-0.2, -0.15) is 8.42 Å². The van der Waals surface area contributed by atoms with E-state index in [-0.39, 0.29) is 9.90 Å². The number of hydrogen-bond acceptors (Lipinski definition) is 5. The Bertz CT molecular complexity index is 985. The van der Waals surface area contributed by atoms with Crippen LogP contribution < -0.4 is 13.3 Å². The molecule has 0 unspecified atom stereocenters. The molecule has 0 aliphatic carbocycles. The maximum absolute atomic E-state index is 12.3. The van der Waals surface area contributed by atoms with E-state index in [1.807, 2.05) is 0 Å². The van der Waals surface area contributed by atoms with Crippen molar-refractivity contribution in [3.8, 4) is 0 Å². The fourth-order valence-corrected chi connectivity index (χ4v) is 5.88. The number of nitrogens with zero attached hydrogens (tertiary/aromatic N) is 2. The molecule has 0 saturated carbocycles. The average Bonchev–Trinajstić information content (AvgIpc) is 2.98. The molecule has 0 amide bonds. The summed E-state index contributed by atoms with van der Waals surface area (Å²) in [6, 6.07) is 7.45. The normalized spacial score (nSPS) is 16.5. The van der Waals surface area contributed by atoms with Gasteiger partial charge in [0.25, 0.3) is 10.0 Å². The molecule has 0 atom stereocenters. The summed E-state index contributed by atoms with van der Waals surface area (Å²) in [4.78, 5) is 0.